The van der Waals surface area contributed by atoms with Crippen LogP contribution in [0.4, 0.5) is 0 Å². The maximum absolute atomic E-state index is 12.2. The van der Waals surface area contributed by atoms with Gasteiger partial charge in [-0.25, -0.2) is 0 Å². The van der Waals surface area contributed by atoms with Gasteiger partial charge in [-0.2, -0.15) is 5.26 Å². The van der Waals surface area contributed by atoms with Gasteiger partial charge in [-0.05, 0) is 61.0 Å². The summed E-state index contributed by atoms with van der Waals surface area (Å²) < 4.78 is 0. The molecule has 1 fully saturated rings. The summed E-state index contributed by atoms with van der Waals surface area (Å²) in [7, 11) is 0. The fourth-order valence-electron chi connectivity index (χ4n) is 3.12. The molecule has 0 aliphatic carbocycles. The average molecular weight is 339 g/mol. The van der Waals surface area contributed by atoms with Crippen molar-refractivity contribution in [2.24, 2.45) is 5.92 Å². The highest BCUT2D eigenvalue weighted by Gasteiger charge is 2.20. The van der Waals surface area contributed by atoms with Crippen LogP contribution in [0.25, 0.3) is 0 Å². The predicted octanol–water partition coefficient (Wildman–Crippen LogP) is 3.26. The van der Waals surface area contributed by atoms with Gasteiger partial charge in [-0.15, -0.1) is 11.3 Å². The minimum atomic E-state index is -0.0603. The SMILES string of the molecule is N#Cc1ccc(C(=O)NC[C@H]2CCCN(Cc3cccs3)C2)cc1. The molecule has 2 aromatic rings. The van der Waals surface area contributed by atoms with Gasteiger partial charge in [0.05, 0.1) is 11.6 Å². The van der Waals surface area contributed by atoms with E-state index in [1.165, 1.54) is 11.3 Å². The Bertz CT molecular complexity index is 703. The molecule has 3 rings (SSSR count). The average Bonchev–Trinajstić information content (AvgIpc) is 3.13. The van der Waals surface area contributed by atoms with Crippen molar-refractivity contribution in [1.29, 1.82) is 5.26 Å². The normalized spacial score (nSPS) is 18.0. The quantitative estimate of drug-likeness (QED) is 0.910. The maximum Gasteiger partial charge on any atom is 0.251 e. The van der Waals surface area contributed by atoms with Crippen LogP contribution in [-0.2, 0) is 6.54 Å². The van der Waals surface area contributed by atoms with Gasteiger partial charge in [0, 0.05) is 30.1 Å². The molecule has 2 heterocycles. The van der Waals surface area contributed by atoms with Gasteiger partial charge in [-0.3, -0.25) is 9.69 Å². The smallest absolute Gasteiger partial charge is 0.251 e. The molecule has 1 aromatic carbocycles. The lowest BCUT2D eigenvalue weighted by Crippen LogP contribution is -2.40. The van der Waals surface area contributed by atoms with E-state index in [-0.39, 0.29) is 5.91 Å². The van der Waals surface area contributed by atoms with Crippen molar-refractivity contribution in [3.05, 3.63) is 57.8 Å². The summed E-state index contributed by atoms with van der Waals surface area (Å²) in [5.41, 5.74) is 1.18. The van der Waals surface area contributed by atoms with Crippen LogP contribution in [0.5, 0.6) is 0 Å². The van der Waals surface area contributed by atoms with E-state index < -0.39 is 0 Å². The van der Waals surface area contributed by atoms with Gasteiger partial charge in [0.15, 0.2) is 0 Å². The number of rotatable bonds is 5. The topological polar surface area (TPSA) is 56.1 Å². The zero-order valence-electron chi connectivity index (χ0n) is 13.6. The van der Waals surface area contributed by atoms with Crippen molar-refractivity contribution in [3.8, 4) is 6.07 Å². The Morgan fingerprint density at radius 3 is 2.88 bits per heavy atom. The predicted molar refractivity (Wildman–Crippen MR) is 95.8 cm³/mol. The molecule has 0 radical (unpaired) electrons. The van der Waals surface area contributed by atoms with Crippen LogP contribution in [0.15, 0.2) is 41.8 Å². The van der Waals surface area contributed by atoms with Gasteiger partial charge < -0.3 is 5.32 Å². The minimum Gasteiger partial charge on any atom is -0.352 e. The second kappa shape index (κ2) is 8.09. The zero-order valence-corrected chi connectivity index (χ0v) is 14.4. The fourth-order valence-corrected chi connectivity index (χ4v) is 3.87. The van der Waals surface area contributed by atoms with Gasteiger partial charge in [0.25, 0.3) is 5.91 Å². The van der Waals surface area contributed by atoms with Crippen LogP contribution >= 0.6 is 11.3 Å². The maximum atomic E-state index is 12.2. The number of thiophene rings is 1. The van der Waals surface area contributed by atoms with Crippen molar-refractivity contribution >= 4 is 17.2 Å². The third-order valence-electron chi connectivity index (χ3n) is 4.39. The van der Waals surface area contributed by atoms with Crippen LogP contribution in [0.3, 0.4) is 0 Å². The number of likely N-dealkylation sites (tertiary alicyclic amines) is 1. The first-order valence-corrected chi connectivity index (χ1v) is 9.15. The largest absolute Gasteiger partial charge is 0.352 e. The molecule has 1 amide bonds. The van der Waals surface area contributed by atoms with Gasteiger partial charge in [0.2, 0.25) is 0 Å². The van der Waals surface area contributed by atoms with Crippen LogP contribution in [0.1, 0.15) is 33.6 Å². The van der Waals surface area contributed by atoms with Crippen molar-refractivity contribution in [2.45, 2.75) is 19.4 Å². The highest BCUT2D eigenvalue weighted by molar-refractivity contribution is 7.09. The highest BCUT2D eigenvalue weighted by Crippen LogP contribution is 2.20. The molecule has 1 aliphatic rings. The second-order valence-corrected chi connectivity index (χ2v) is 7.25. The summed E-state index contributed by atoms with van der Waals surface area (Å²) in [5.74, 6) is 0.441. The Hall–Kier alpha value is -2.16. The molecule has 0 unspecified atom stereocenters. The Balaban J connectivity index is 1.48. The minimum absolute atomic E-state index is 0.0603. The van der Waals surface area contributed by atoms with E-state index in [9.17, 15) is 4.79 Å². The first kappa shape index (κ1) is 16.7. The molecule has 24 heavy (non-hydrogen) atoms. The van der Waals surface area contributed by atoms with Crippen molar-refractivity contribution in [2.75, 3.05) is 19.6 Å². The van der Waals surface area contributed by atoms with Gasteiger partial charge in [0.1, 0.15) is 0 Å². The molecular weight excluding hydrogens is 318 g/mol. The number of benzene rings is 1. The van der Waals surface area contributed by atoms with Crippen LogP contribution < -0.4 is 5.32 Å². The Morgan fingerprint density at radius 1 is 1.33 bits per heavy atom. The van der Waals surface area contributed by atoms with Crippen molar-refractivity contribution in [1.82, 2.24) is 10.2 Å². The monoisotopic (exact) mass is 339 g/mol. The van der Waals surface area contributed by atoms with E-state index in [1.807, 2.05) is 0 Å². The van der Waals surface area contributed by atoms with Crippen molar-refractivity contribution in [3.63, 3.8) is 0 Å². The Kier molecular flexibility index (Phi) is 5.63. The van der Waals surface area contributed by atoms with E-state index in [1.54, 1.807) is 35.6 Å². The lowest BCUT2D eigenvalue weighted by atomic mass is 9.97. The molecule has 1 aliphatic heterocycles. The number of piperidine rings is 1. The molecular formula is C19H21N3OS. The standard InChI is InChI=1S/C19H21N3OS/c20-11-15-5-7-17(8-6-15)19(23)21-12-16-3-1-9-22(13-16)14-18-4-2-10-24-18/h2,4-8,10,16H,1,3,9,12-14H2,(H,21,23)/t16-/m1/s1. The molecule has 0 saturated carbocycles. The molecule has 1 saturated heterocycles. The first-order chi connectivity index (χ1) is 11.7. The van der Waals surface area contributed by atoms with E-state index in [2.05, 4.69) is 33.8 Å². The first-order valence-electron chi connectivity index (χ1n) is 8.27. The number of nitriles is 1. The molecule has 0 spiro atoms. The molecule has 5 heteroatoms. The summed E-state index contributed by atoms with van der Waals surface area (Å²) in [5, 5.41) is 14.0. The molecule has 0 bridgehead atoms. The molecule has 1 N–H and O–H groups in total. The third kappa shape index (κ3) is 4.44. The highest BCUT2D eigenvalue weighted by atomic mass is 32.1. The number of carbonyl (C=O) groups excluding carboxylic acids is 1. The summed E-state index contributed by atoms with van der Waals surface area (Å²) in [6.45, 7) is 3.89. The summed E-state index contributed by atoms with van der Waals surface area (Å²) in [4.78, 5) is 16.1. The number of hydrogen-bond acceptors (Lipinski definition) is 4. The van der Waals surface area contributed by atoms with E-state index in [0.717, 1.165) is 26.1 Å². The number of amides is 1. The number of hydrogen-bond donors (Lipinski definition) is 1. The number of nitrogens with one attached hydrogen (secondary N) is 1. The molecule has 4 nitrogen and oxygen atoms in total. The fraction of sp³-hybridized carbons (Fsp3) is 0.368. The Labute approximate surface area is 146 Å². The molecule has 1 aromatic heterocycles. The summed E-state index contributed by atoms with van der Waals surface area (Å²) >= 11 is 1.80. The van der Waals surface area contributed by atoms with Crippen LogP contribution in [0, 0.1) is 17.2 Å². The van der Waals surface area contributed by atoms with Gasteiger partial charge >= 0.3 is 0 Å². The zero-order chi connectivity index (χ0) is 16.8. The lowest BCUT2D eigenvalue weighted by molar-refractivity contribution is 0.0931. The number of nitrogens with zero attached hydrogens (tertiary/aromatic N) is 2. The van der Waals surface area contributed by atoms with E-state index >= 15 is 0 Å². The van der Waals surface area contributed by atoms with Crippen LogP contribution in [0.2, 0.25) is 0 Å². The van der Waals surface area contributed by atoms with E-state index in [4.69, 9.17) is 5.26 Å². The summed E-state index contributed by atoms with van der Waals surface area (Å²) in [6, 6.07) is 13.1. The number of carbonyl (C=O) groups is 1. The lowest BCUT2D eigenvalue weighted by Gasteiger charge is -2.32. The molecule has 124 valence electrons. The third-order valence-corrected chi connectivity index (χ3v) is 5.25. The Morgan fingerprint density at radius 2 is 2.17 bits per heavy atom. The van der Waals surface area contributed by atoms with Gasteiger partial charge in [-0.1, -0.05) is 6.07 Å². The van der Waals surface area contributed by atoms with E-state index in [0.29, 0.717) is 23.6 Å². The second-order valence-electron chi connectivity index (χ2n) is 6.22. The molecule has 1 atom stereocenters. The summed E-state index contributed by atoms with van der Waals surface area (Å²) in [6.07, 6.45) is 2.34. The van der Waals surface area contributed by atoms with Crippen molar-refractivity contribution < 1.29 is 4.79 Å². The van der Waals surface area contributed by atoms with Crippen LogP contribution in [-0.4, -0.2) is 30.4 Å².